The highest BCUT2D eigenvalue weighted by atomic mass is 16.3. The van der Waals surface area contributed by atoms with Crippen LogP contribution in [0.5, 0.6) is 0 Å². The number of furan rings is 1. The molecule has 0 aliphatic heterocycles. The molecule has 2 aliphatic carbocycles. The van der Waals surface area contributed by atoms with E-state index in [9.17, 15) is 0 Å². The van der Waals surface area contributed by atoms with Gasteiger partial charge in [0.2, 0.25) is 0 Å². The van der Waals surface area contributed by atoms with Gasteiger partial charge >= 0.3 is 0 Å². The van der Waals surface area contributed by atoms with Crippen LogP contribution in [-0.2, 0) is 6.42 Å². The van der Waals surface area contributed by atoms with Crippen molar-refractivity contribution in [3.05, 3.63) is 24.2 Å². The minimum atomic E-state index is 0.467. The summed E-state index contributed by atoms with van der Waals surface area (Å²) in [5, 5.41) is 3.88. The lowest BCUT2D eigenvalue weighted by Gasteiger charge is -2.40. The third kappa shape index (κ3) is 1.96. The molecule has 106 valence electrons. The number of hydrogen-bond donors (Lipinski definition) is 1. The zero-order chi connectivity index (χ0) is 13.7. The molecule has 4 unspecified atom stereocenters. The first-order chi connectivity index (χ1) is 8.93. The Kier molecular flexibility index (Phi) is 3.05. The van der Waals surface area contributed by atoms with Crippen LogP contribution in [0.25, 0.3) is 0 Å². The second kappa shape index (κ2) is 4.37. The van der Waals surface area contributed by atoms with Crippen LogP contribution < -0.4 is 5.32 Å². The molecule has 19 heavy (non-hydrogen) atoms. The average Bonchev–Trinajstić information content (AvgIpc) is 2.95. The molecule has 2 nitrogen and oxygen atoms in total. The predicted molar refractivity (Wildman–Crippen MR) is 78.0 cm³/mol. The van der Waals surface area contributed by atoms with Crippen molar-refractivity contribution in [3.63, 3.8) is 0 Å². The second-order valence-corrected chi connectivity index (χ2v) is 7.51. The smallest absolute Gasteiger partial charge is 0.105 e. The summed E-state index contributed by atoms with van der Waals surface area (Å²) in [5.41, 5.74) is 0.962. The summed E-state index contributed by atoms with van der Waals surface area (Å²) in [4.78, 5) is 0. The van der Waals surface area contributed by atoms with Gasteiger partial charge in [0, 0.05) is 18.5 Å². The zero-order valence-electron chi connectivity index (χ0n) is 12.7. The summed E-state index contributed by atoms with van der Waals surface area (Å²) in [6.07, 6.45) is 6.92. The summed E-state index contributed by atoms with van der Waals surface area (Å²) < 4.78 is 5.46. The maximum Gasteiger partial charge on any atom is 0.105 e. The number of fused-ring (bicyclic) bond motifs is 2. The van der Waals surface area contributed by atoms with Gasteiger partial charge in [-0.05, 0) is 55.1 Å². The fraction of sp³-hybridized carbons (Fsp3) is 0.765. The van der Waals surface area contributed by atoms with Gasteiger partial charge in [0.25, 0.3) is 0 Å². The highest BCUT2D eigenvalue weighted by molar-refractivity contribution is 5.13. The number of nitrogens with one attached hydrogen (secondary N) is 1. The lowest BCUT2D eigenvalue weighted by atomic mass is 9.69. The molecule has 2 aliphatic rings. The molecule has 1 heterocycles. The highest BCUT2D eigenvalue weighted by Gasteiger charge is 2.61. The molecular weight excluding hydrogens is 234 g/mol. The van der Waals surface area contributed by atoms with E-state index in [1.54, 1.807) is 6.26 Å². The van der Waals surface area contributed by atoms with E-state index in [2.05, 4.69) is 39.1 Å². The maximum absolute atomic E-state index is 5.46. The minimum absolute atomic E-state index is 0.467. The average molecular weight is 261 g/mol. The van der Waals surface area contributed by atoms with Gasteiger partial charge in [-0.15, -0.1) is 0 Å². The number of hydrogen-bond acceptors (Lipinski definition) is 2. The maximum atomic E-state index is 5.46. The highest BCUT2D eigenvalue weighted by Crippen LogP contribution is 2.65. The van der Waals surface area contributed by atoms with Crippen LogP contribution in [-0.4, -0.2) is 12.1 Å². The largest absolute Gasteiger partial charge is 0.469 e. The molecule has 0 radical (unpaired) electrons. The Morgan fingerprint density at radius 1 is 1.42 bits per heavy atom. The lowest BCUT2D eigenvalue weighted by Crippen LogP contribution is -2.48. The van der Waals surface area contributed by atoms with Gasteiger partial charge in [0.1, 0.15) is 5.76 Å². The molecule has 0 amide bonds. The molecule has 0 aromatic carbocycles. The molecule has 1 aromatic rings. The van der Waals surface area contributed by atoms with Crippen molar-refractivity contribution in [1.82, 2.24) is 5.32 Å². The predicted octanol–water partition coefficient (Wildman–Crippen LogP) is 4.02. The normalized spacial score (nSPS) is 37.7. The van der Waals surface area contributed by atoms with E-state index in [1.165, 1.54) is 19.3 Å². The van der Waals surface area contributed by atoms with E-state index in [4.69, 9.17) is 4.42 Å². The lowest BCUT2D eigenvalue weighted by molar-refractivity contribution is 0.116. The van der Waals surface area contributed by atoms with E-state index >= 15 is 0 Å². The molecule has 1 N–H and O–H groups in total. The van der Waals surface area contributed by atoms with Gasteiger partial charge in [0.05, 0.1) is 6.26 Å². The first-order valence-corrected chi connectivity index (χ1v) is 7.72. The Bertz CT molecular complexity index is 436. The topological polar surface area (TPSA) is 25.2 Å². The molecule has 2 saturated carbocycles. The molecular formula is C17H27NO. The second-order valence-electron chi connectivity index (χ2n) is 7.51. The SMILES string of the molecule is CC(Cc1ccco1)NC1CC2CCC1(C)C2(C)C. The Morgan fingerprint density at radius 2 is 2.21 bits per heavy atom. The van der Waals surface area contributed by atoms with Crippen molar-refractivity contribution >= 4 is 0 Å². The van der Waals surface area contributed by atoms with Crippen molar-refractivity contribution in [3.8, 4) is 0 Å². The monoisotopic (exact) mass is 261 g/mol. The van der Waals surface area contributed by atoms with Crippen LogP contribution in [0, 0.1) is 16.7 Å². The van der Waals surface area contributed by atoms with E-state index in [-0.39, 0.29) is 0 Å². The van der Waals surface area contributed by atoms with Crippen LogP contribution in [0.3, 0.4) is 0 Å². The van der Waals surface area contributed by atoms with Crippen LogP contribution in [0.15, 0.2) is 22.8 Å². The molecule has 2 bridgehead atoms. The Morgan fingerprint density at radius 3 is 2.74 bits per heavy atom. The van der Waals surface area contributed by atoms with E-state index in [0.717, 1.165) is 18.1 Å². The van der Waals surface area contributed by atoms with Crippen molar-refractivity contribution in [2.24, 2.45) is 16.7 Å². The molecule has 2 fully saturated rings. The quantitative estimate of drug-likeness (QED) is 0.885. The van der Waals surface area contributed by atoms with Crippen LogP contribution >= 0.6 is 0 Å². The van der Waals surface area contributed by atoms with E-state index in [0.29, 0.717) is 22.9 Å². The number of rotatable bonds is 4. The fourth-order valence-electron chi connectivity index (χ4n) is 4.59. The fourth-order valence-corrected chi connectivity index (χ4v) is 4.59. The van der Waals surface area contributed by atoms with Crippen molar-refractivity contribution < 1.29 is 4.42 Å². The van der Waals surface area contributed by atoms with Gasteiger partial charge in [-0.3, -0.25) is 0 Å². The third-order valence-electron chi connectivity index (χ3n) is 6.37. The van der Waals surface area contributed by atoms with Gasteiger partial charge in [0.15, 0.2) is 0 Å². The van der Waals surface area contributed by atoms with Crippen LogP contribution in [0.2, 0.25) is 0 Å². The van der Waals surface area contributed by atoms with Gasteiger partial charge in [-0.1, -0.05) is 20.8 Å². The molecule has 3 rings (SSSR count). The minimum Gasteiger partial charge on any atom is -0.469 e. The molecule has 0 spiro atoms. The summed E-state index contributed by atoms with van der Waals surface area (Å²) in [5.74, 6) is 2.00. The standard InChI is InChI=1S/C17H27NO/c1-12(10-14-6-5-9-19-14)18-15-11-13-7-8-17(15,4)16(13,2)3/h5-6,9,12-13,15,18H,7-8,10-11H2,1-4H3. The molecule has 4 atom stereocenters. The van der Waals surface area contributed by atoms with Gasteiger partial charge in [-0.25, -0.2) is 0 Å². The van der Waals surface area contributed by atoms with Gasteiger partial charge in [-0.2, -0.15) is 0 Å². The first kappa shape index (κ1) is 13.2. The Hall–Kier alpha value is -0.760. The van der Waals surface area contributed by atoms with E-state index < -0.39 is 0 Å². The Balaban J connectivity index is 1.65. The first-order valence-electron chi connectivity index (χ1n) is 7.72. The third-order valence-corrected chi connectivity index (χ3v) is 6.37. The zero-order valence-corrected chi connectivity index (χ0v) is 12.7. The molecule has 1 aromatic heterocycles. The molecule has 0 saturated heterocycles. The van der Waals surface area contributed by atoms with Crippen molar-refractivity contribution in [2.45, 2.75) is 65.5 Å². The summed E-state index contributed by atoms with van der Waals surface area (Å²) in [6.45, 7) is 9.73. The molecule has 2 heteroatoms. The van der Waals surface area contributed by atoms with Crippen LogP contribution in [0.4, 0.5) is 0 Å². The van der Waals surface area contributed by atoms with Crippen molar-refractivity contribution in [1.29, 1.82) is 0 Å². The summed E-state index contributed by atoms with van der Waals surface area (Å²) in [6, 6.07) is 5.21. The van der Waals surface area contributed by atoms with Crippen molar-refractivity contribution in [2.75, 3.05) is 0 Å². The summed E-state index contributed by atoms with van der Waals surface area (Å²) in [7, 11) is 0. The van der Waals surface area contributed by atoms with Crippen LogP contribution in [0.1, 0.15) is 52.7 Å². The summed E-state index contributed by atoms with van der Waals surface area (Å²) >= 11 is 0. The van der Waals surface area contributed by atoms with Gasteiger partial charge < -0.3 is 9.73 Å². The van der Waals surface area contributed by atoms with E-state index in [1.807, 2.05) is 6.07 Å². The Labute approximate surface area is 117 Å².